The summed E-state index contributed by atoms with van der Waals surface area (Å²) in [6.07, 6.45) is 6.08. The van der Waals surface area contributed by atoms with Gasteiger partial charge in [-0.1, -0.05) is 18.4 Å². The van der Waals surface area contributed by atoms with Crippen molar-refractivity contribution in [3.63, 3.8) is 0 Å². The van der Waals surface area contributed by atoms with Crippen LogP contribution in [0.5, 0.6) is 0 Å². The van der Waals surface area contributed by atoms with Crippen LogP contribution >= 0.6 is 7.60 Å². The lowest BCUT2D eigenvalue weighted by Gasteiger charge is -2.18. The van der Waals surface area contributed by atoms with Gasteiger partial charge in [-0.05, 0) is 45.1 Å². The first-order valence-corrected chi connectivity index (χ1v) is 10.9. The number of ketones is 1. The van der Waals surface area contributed by atoms with Gasteiger partial charge in [0.15, 0.2) is 5.78 Å². The molecule has 0 atom stereocenters. The molecule has 1 aliphatic carbocycles. The number of unbranched alkanes of at least 4 members (excludes halogenated alkanes) is 3. The predicted molar refractivity (Wildman–Crippen MR) is 96.7 cm³/mol. The number of allylic oxidation sites excluding steroid dienone is 2. The number of hydrogen-bond acceptors (Lipinski definition) is 6. The molecule has 25 heavy (non-hydrogen) atoms. The number of ether oxygens (including phenoxy) is 1. The highest BCUT2D eigenvalue weighted by atomic mass is 31.2. The van der Waals surface area contributed by atoms with Crippen LogP contribution in [0.4, 0.5) is 0 Å². The van der Waals surface area contributed by atoms with Gasteiger partial charge in [-0.25, -0.2) is 0 Å². The second-order valence-corrected chi connectivity index (χ2v) is 8.15. The number of carbonyl (C=O) groups excluding carboxylic acids is 2. The van der Waals surface area contributed by atoms with Gasteiger partial charge in [-0.3, -0.25) is 14.2 Å². The van der Waals surface area contributed by atoms with E-state index in [1.807, 2.05) is 0 Å². The van der Waals surface area contributed by atoms with E-state index in [1.54, 1.807) is 13.8 Å². The quantitative estimate of drug-likeness (QED) is 0.270. The highest BCUT2D eigenvalue weighted by Crippen LogP contribution is 2.51. The third-order valence-electron chi connectivity index (χ3n) is 4.24. The zero-order valence-electron chi connectivity index (χ0n) is 15.7. The van der Waals surface area contributed by atoms with E-state index >= 15 is 0 Å². The van der Waals surface area contributed by atoms with Crippen LogP contribution in [0.25, 0.3) is 0 Å². The molecule has 0 bridgehead atoms. The molecule has 1 aliphatic rings. The third kappa shape index (κ3) is 7.85. The molecule has 0 unspecified atom stereocenters. The minimum atomic E-state index is -3.16. The molecule has 0 amide bonds. The second-order valence-electron chi connectivity index (χ2n) is 6.10. The summed E-state index contributed by atoms with van der Waals surface area (Å²) < 4.78 is 28.0. The van der Waals surface area contributed by atoms with E-state index in [4.69, 9.17) is 9.05 Å². The van der Waals surface area contributed by atoms with Crippen LogP contribution < -0.4 is 0 Å². The van der Waals surface area contributed by atoms with Crippen LogP contribution in [-0.2, 0) is 27.9 Å². The molecule has 0 aromatic carbocycles. The number of Topliss-reactive ketones (excluding diaryl/α,β-unsaturated/α-hetero) is 1. The third-order valence-corrected chi connectivity index (χ3v) is 6.31. The first kappa shape index (κ1) is 22.1. The fraction of sp³-hybridized carbons (Fsp3) is 0.778. The molecule has 0 saturated heterocycles. The van der Waals surface area contributed by atoms with E-state index in [-0.39, 0.29) is 17.9 Å². The lowest BCUT2D eigenvalue weighted by molar-refractivity contribution is -0.140. The average Bonchev–Trinajstić information content (AvgIpc) is 2.90. The lowest BCUT2D eigenvalue weighted by Crippen LogP contribution is -2.04. The number of methoxy groups -OCH3 is 1. The topological polar surface area (TPSA) is 78.9 Å². The summed E-state index contributed by atoms with van der Waals surface area (Å²) >= 11 is 0. The molecule has 7 heteroatoms. The van der Waals surface area contributed by atoms with Crippen LogP contribution in [0.3, 0.4) is 0 Å². The van der Waals surface area contributed by atoms with E-state index in [0.29, 0.717) is 38.9 Å². The van der Waals surface area contributed by atoms with Crippen LogP contribution in [0.2, 0.25) is 0 Å². The molecule has 0 aromatic rings. The summed E-state index contributed by atoms with van der Waals surface area (Å²) in [6.45, 7) is 4.23. The first-order chi connectivity index (χ1) is 12.0. The lowest BCUT2D eigenvalue weighted by atomic mass is 10.0. The van der Waals surface area contributed by atoms with Crippen LogP contribution in [-0.4, -0.2) is 38.2 Å². The highest BCUT2D eigenvalue weighted by molar-refractivity contribution is 7.54. The number of rotatable bonds is 13. The fourth-order valence-electron chi connectivity index (χ4n) is 3.04. The van der Waals surface area contributed by atoms with Crippen molar-refractivity contribution in [2.45, 2.75) is 65.2 Å². The van der Waals surface area contributed by atoms with Gasteiger partial charge in [0, 0.05) is 12.8 Å². The van der Waals surface area contributed by atoms with Gasteiger partial charge in [-0.2, -0.15) is 0 Å². The van der Waals surface area contributed by atoms with Crippen molar-refractivity contribution in [1.82, 2.24) is 0 Å². The Labute approximate surface area is 150 Å². The van der Waals surface area contributed by atoms with E-state index in [2.05, 4.69) is 4.74 Å². The molecule has 1 rings (SSSR count). The van der Waals surface area contributed by atoms with Gasteiger partial charge in [0.05, 0.1) is 26.5 Å². The van der Waals surface area contributed by atoms with Crippen molar-refractivity contribution in [1.29, 1.82) is 0 Å². The number of esters is 1. The minimum Gasteiger partial charge on any atom is -0.469 e. The maximum atomic E-state index is 12.7. The molecule has 0 aromatic heterocycles. The normalized spacial score (nSPS) is 15.1. The Morgan fingerprint density at radius 2 is 1.68 bits per heavy atom. The Kier molecular flexibility index (Phi) is 10.2. The molecular weight excluding hydrogens is 343 g/mol. The monoisotopic (exact) mass is 374 g/mol. The summed E-state index contributed by atoms with van der Waals surface area (Å²) in [5.41, 5.74) is 1.75. The number of carbonyl (C=O) groups is 2. The van der Waals surface area contributed by atoms with Gasteiger partial charge < -0.3 is 13.8 Å². The first-order valence-electron chi connectivity index (χ1n) is 9.14. The maximum Gasteiger partial charge on any atom is 0.334 e. The van der Waals surface area contributed by atoms with Gasteiger partial charge in [-0.15, -0.1) is 0 Å². The Bertz CT molecular complexity index is 516. The molecule has 6 nitrogen and oxygen atoms in total. The predicted octanol–water partition coefficient (Wildman–Crippen LogP) is 4.43. The van der Waals surface area contributed by atoms with Gasteiger partial charge in [0.1, 0.15) is 0 Å². The van der Waals surface area contributed by atoms with E-state index < -0.39 is 7.60 Å². The van der Waals surface area contributed by atoms with Crippen LogP contribution in [0.15, 0.2) is 11.1 Å². The molecule has 0 heterocycles. The van der Waals surface area contributed by atoms with Gasteiger partial charge in [0.25, 0.3) is 0 Å². The maximum absolute atomic E-state index is 12.7. The minimum absolute atomic E-state index is 0.157. The summed E-state index contributed by atoms with van der Waals surface area (Å²) in [5.74, 6) is -0.0253. The molecule has 0 aliphatic heterocycles. The van der Waals surface area contributed by atoms with Crippen molar-refractivity contribution in [2.24, 2.45) is 0 Å². The SMILES string of the molecule is CCOP(=O)(CC1=C(CCCCCCC(=O)OC)C(=O)CC1)OCC. The van der Waals surface area contributed by atoms with Crippen molar-refractivity contribution in [3.05, 3.63) is 11.1 Å². The van der Waals surface area contributed by atoms with Crippen molar-refractivity contribution in [3.8, 4) is 0 Å². The summed E-state index contributed by atoms with van der Waals surface area (Å²) in [4.78, 5) is 23.2. The highest BCUT2D eigenvalue weighted by Gasteiger charge is 2.31. The Hall–Kier alpha value is -0.970. The zero-order valence-corrected chi connectivity index (χ0v) is 16.6. The summed E-state index contributed by atoms with van der Waals surface area (Å²) in [6, 6.07) is 0. The Morgan fingerprint density at radius 3 is 2.28 bits per heavy atom. The van der Waals surface area contributed by atoms with Gasteiger partial charge in [0.2, 0.25) is 0 Å². The fourth-order valence-corrected chi connectivity index (χ4v) is 4.90. The smallest absolute Gasteiger partial charge is 0.334 e. The molecule has 0 saturated carbocycles. The number of hydrogen-bond donors (Lipinski definition) is 0. The zero-order chi connectivity index (χ0) is 18.7. The average molecular weight is 374 g/mol. The molecule has 144 valence electrons. The largest absolute Gasteiger partial charge is 0.469 e. The molecule has 0 spiro atoms. The van der Waals surface area contributed by atoms with Crippen molar-refractivity contribution < 1.29 is 27.9 Å². The second kappa shape index (κ2) is 11.6. The molecule has 0 fully saturated rings. The Balaban J connectivity index is 2.53. The van der Waals surface area contributed by atoms with Crippen LogP contribution in [0, 0.1) is 0 Å². The Morgan fingerprint density at radius 1 is 1.04 bits per heavy atom. The molecule has 0 radical (unpaired) electrons. The van der Waals surface area contributed by atoms with Crippen LogP contribution in [0.1, 0.15) is 65.2 Å². The summed E-state index contributed by atoms with van der Waals surface area (Å²) in [5, 5.41) is 0. The molecular formula is C18H31O6P. The molecule has 0 N–H and O–H groups in total. The van der Waals surface area contributed by atoms with E-state index in [9.17, 15) is 14.2 Å². The van der Waals surface area contributed by atoms with Crippen molar-refractivity contribution in [2.75, 3.05) is 26.5 Å². The van der Waals surface area contributed by atoms with E-state index in [1.165, 1.54) is 7.11 Å². The standard InChI is InChI=1S/C18H31O6P/c1-4-23-25(21,24-5-2)14-15-12-13-17(19)16(15)10-8-6-7-9-11-18(20)22-3/h4-14H2,1-3H3. The van der Waals surface area contributed by atoms with Crippen molar-refractivity contribution >= 4 is 19.3 Å². The summed E-state index contributed by atoms with van der Waals surface area (Å²) in [7, 11) is -1.76. The van der Waals surface area contributed by atoms with Gasteiger partial charge >= 0.3 is 13.6 Å². The van der Waals surface area contributed by atoms with E-state index in [0.717, 1.165) is 36.8 Å².